The summed E-state index contributed by atoms with van der Waals surface area (Å²) in [4.78, 5) is 4.18. The van der Waals surface area contributed by atoms with Crippen molar-refractivity contribution >= 4 is 0 Å². The minimum absolute atomic E-state index is 0.547. The number of rotatable bonds is 5. The van der Waals surface area contributed by atoms with Crippen molar-refractivity contribution in [2.75, 3.05) is 6.61 Å². The molecule has 0 bridgehead atoms. The van der Waals surface area contributed by atoms with Crippen molar-refractivity contribution in [3.63, 3.8) is 0 Å². The van der Waals surface area contributed by atoms with E-state index in [1.165, 1.54) is 5.56 Å². The van der Waals surface area contributed by atoms with E-state index in [0.717, 1.165) is 24.6 Å². The first-order chi connectivity index (χ1) is 8.70. The Morgan fingerprint density at radius 2 is 1.94 bits per heavy atom. The zero-order valence-corrected chi connectivity index (χ0v) is 11.3. The minimum Gasteiger partial charge on any atom is -0.493 e. The smallest absolute Gasteiger partial charge is 0.119 e. The summed E-state index contributed by atoms with van der Waals surface area (Å²) in [6, 6.07) is 8.20. The summed E-state index contributed by atoms with van der Waals surface area (Å²) < 4.78 is 7.80. The van der Waals surface area contributed by atoms with Crippen molar-refractivity contribution in [1.29, 1.82) is 0 Å². The van der Waals surface area contributed by atoms with E-state index >= 15 is 0 Å². The van der Waals surface area contributed by atoms with Gasteiger partial charge in [0.2, 0.25) is 0 Å². The second kappa shape index (κ2) is 5.71. The highest BCUT2D eigenvalue weighted by atomic mass is 16.5. The molecule has 1 aromatic heterocycles. The monoisotopic (exact) mass is 244 g/mol. The number of hydrogen-bond acceptors (Lipinski definition) is 2. The Bertz CT molecular complexity index is 485. The zero-order chi connectivity index (χ0) is 13.0. The SMILES string of the molecule is CCn1cncc1-c1ccc(OCC(C)C)cc1. The van der Waals surface area contributed by atoms with Crippen LogP contribution in [0.1, 0.15) is 20.8 Å². The summed E-state index contributed by atoms with van der Waals surface area (Å²) >= 11 is 0. The molecule has 0 radical (unpaired) electrons. The molecular formula is C15H20N2O. The van der Waals surface area contributed by atoms with Crippen LogP contribution in [0.5, 0.6) is 5.75 Å². The van der Waals surface area contributed by atoms with Crippen LogP contribution in [0.2, 0.25) is 0 Å². The van der Waals surface area contributed by atoms with Gasteiger partial charge in [0, 0.05) is 12.1 Å². The molecular weight excluding hydrogens is 224 g/mol. The Balaban J connectivity index is 2.12. The molecule has 2 rings (SSSR count). The van der Waals surface area contributed by atoms with Crippen LogP contribution in [0.25, 0.3) is 11.3 Å². The molecule has 0 aliphatic heterocycles. The Hall–Kier alpha value is -1.77. The number of benzene rings is 1. The van der Waals surface area contributed by atoms with E-state index in [1.54, 1.807) is 0 Å². The number of ether oxygens (including phenoxy) is 1. The van der Waals surface area contributed by atoms with Crippen molar-refractivity contribution in [2.45, 2.75) is 27.3 Å². The van der Waals surface area contributed by atoms with Crippen LogP contribution in [-0.2, 0) is 6.54 Å². The molecule has 1 heterocycles. The van der Waals surface area contributed by atoms with Gasteiger partial charge in [0.1, 0.15) is 5.75 Å². The molecule has 18 heavy (non-hydrogen) atoms. The second-order valence-electron chi connectivity index (χ2n) is 4.79. The molecule has 96 valence electrons. The van der Waals surface area contributed by atoms with Gasteiger partial charge < -0.3 is 9.30 Å². The molecule has 0 spiro atoms. The molecule has 3 nitrogen and oxygen atoms in total. The molecule has 0 saturated carbocycles. The summed E-state index contributed by atoms with van der Waals surface area (Å²) in [5.74, 6) is 1.47. The van der Waals surface area contributed by atoms with E-state index in [2.05, 4.69) is 42.5 Å². The van der Waals surface area contributed by atoms with Crippen molar-refractivity contribution in [3.05, 3.63) is 36.8 Å². The van der Waals surface area contributed by atoms with Gasteiger partial charge in [0.05, 0.1) is 24.8 Å². The summed E-state index contributed by atoms with van der Waals surface area (Å²) in [5, 5.41) is 0. The lowest BCUT2D eigenvalue weighted by Crippen LogP contribution is -2.04. The lowest BCUT2D eigenvalue weighted by molar-refractivity contribution is 0.271. The topological polar surface area (TPSA) is 27.1 Å². The second-order valence-corrected chi connectivity index (χ2v) is 4.79. The predicted molar refractivity (Wildman–Crippen MR) is 73.7 cm³/mol. The van der Waals surface area contributed by atoms with Gasteiger partial charge >= 0.3 is 0 Å². The number of nitrogens with zero attached hydrogens (tertiary/aromatic N) is 2. The zero-order valence-electron chi connectivity index (χ0n) is 11.3. The van der Waals surface area contributed by atoms with Crippen molar-refractivity contribution in [1.82, 2.24) is 9.55 Å². The van der Waals surface area contributed by atoms with Crippen molar-refractivity contribution < 1.29 is 4.74 Å². The van der Waals surface area contributed by atoms with Crippen LogP contribution >= 0.6 is 0 Å². The highest BCUT2D eigenvalue weighted by molar-refractivity contribution is 5.59. The molecule has 0 saturated heterocycles. The van der Waals surface area contributed by atoms with E-state index < -0.39 is 0 Å². The molecule has 2 aromatic rings. The van der Waals surface area contributed by atoms with Gasteiger partial charge in [-0.15, -0.1) is 0 Å². The van der Waals surface area contributed by atoms with E-state index in [9.17, 15) is 0 Å². The quantitative estimate of drug-likeness (QED) is 0.803. The molecule has 3 heteroatoms. The van der Waals surface area contributed by atoms with Crippen LogP contribution in [-0.4, -0.2) is 16.2 Å². The highest BCUT2D eigenvalue weighted by Gasteiger charge is 2.04. The third-order valence-electron chi connectivity index (χ3n) is 2.79. The van der Waals surface area contributed by atoms with Gasteiger partial charge in [-0.25, -0.2) is 4.98 Å². The maximum atomic E-state index is 5.67. The summed E-state index contributed by atoms with van der Waals surface area (Å²) in [6.07, 6.45) is 3.76. The molecule has 1 aromatic carbocycles. The molecule has 0 N–H and O–H groups in total. The highest BCUT2D eigenvalue weighted by Crippen LogP contribution is 2.22. The largest absolute Gasteiger partial charge is 0.493 e. The van der Waals surface area contributed by atoms with Crippen molar-refractivity contribution in [3.8, 4) is 17.0 Å². The first-order valence-corrected chi connectivity index (χ1v) is 6.44. The Kier molecular flexibility index (Phi) is 4.03. The van der Waals surface area contributed by atoms with Gasteiger partial charge in [-0.05, 0) is 37.1 Å². The third kappa shape index (κ3) is 2.92. The molecule has 0 atom stereocenters. The molecule has 0 amide bonds. The van der Waals surface area contributed by atoms with Crippen LogP contribution in [0.3, 0.4) is 0 Å². The fourth-order valence-electron chi connectivity index (χ4n) is 1.80. The van der Waals surface area contributed by atoms with Crippen LogP contribution in [0.15, 0.2) is 36.8 Å². The average molecular weight is 244 g/mol. The Morgan fingerprint density at radius 1 is 1.22 bits per heavy atom. The third-order valence-corrected chi connectivity index (χ3v) is 2.79. The first-order valence-electron chi connectivity index (χ1n) is 6.44. The van der Waals surface area contributed by atoms with Crippen LogP contribution in [0, 0.1) is 5.92 Å². The minimum atomic E-state index is 0.547. The first kappa shape index (κ1) is 12.7. The Labute approximate surface area is 108 Å². The van der Waals surface area contributed by atoms with Gasteiger partial charge in [-0.1, -0.05) is 13.8 Å². The number of hydrogen-bond donors (Lipinski definition) is 0. The standard InChI is InChI=1S/C15H20N2O/c1-4-17-11-16-9-15(17)13-5-7-14(8-6-13)18-10-12(2)3/h5-9,11-12H,4,10H2,1-3H3. The summed E-state index contributed by atoms with van der Waals surface area (Å²) in [7, 11) is 0. The molecule has 0 aliphatic rings. The fourth-order valence-corrected chi connectivity index (χ4v) is 1.80. The number of aryl methyl sites for hydroxylation is 1. The lowest BCUT2D eigenvalue weighted by atomic mass is 10.1. The summed E-state index contributed by atoms with van der Waals surface area (Å²) in [6.45, 7) is 8.10. The van der Waals surface area contributed by atoms with Crippen molar-refractivity contribution in [2.24, 2.45) is 5.92 Å². The normalized spacial score (nSPS) is 10.9. The maximum Gasteiger partial charge on any atom is 0.119 e. The van der Waals surface area contributed by atoms with E-state index in [1.807, 2.05) is 24.7 Å². The maximum absolute atomic E-state index is 5.67. The van der Waals surface area contributed by atoms with Gasteiger partial charge in [0.15, 0.2) is 0 Å². The number of imidazole rings is 1. The fraction of sp³-hybridized carbons (Fsp3) is 0.400. The predicted octanol–water partition coefficient (Wildman–Crippen LogP) is 3.60. The van der Waals surface area contributed by atoms with E-state index in [0.29, 0.717) is 5.92 Å². The number of aromatic nitrogens is 2. The van der Waals surface area contributed by atoms with Gasteiger partial charge in [0.25, 0.3) is 0 Å². The molecule has 0 unspecified atom stereocenters. The molecule has 0 fully saturated rings. The van der Waals surface area contributed by atoms with Crippen LogP contribution in [0.4, 0.5) is 0 Å². The molecule has 0 aliphatic carbocycles. The van der Waals surface area contributed by atoms with Gasteiger partial charge in [-0.3, -0.25) is 0 Å². The summed E-state index contributed by atoms with van der Waals surface area (Å²) in [5.41, 5.74) is 2.32. The average Bonchev–Trinajstić information content (AvgIpc) is 2.85. The van der Waals surface area contributed by atoms with E-state index in [-0.39, 0.29) is 0 Å². The lowest BCUT2D eigenvalue weighted by Gasteiger charge is -2.10. The van der Waals surface area contributed by atoms with E-state index in [4.69, 9.17) is 4.74 Å². The van der Waals surface area contributed by atoms with Crippen LogP contribution < -0.4 is 4.74 Å². The Morgan fingerprint density at radius 3 is 2.56 bits per heavy atom. The van der Waals surface area contributed by atoms with Gasteiger partial charge in [-0.2, -0.15) is 0 Å².